The molecule has 2 aliphatic rings. The molecule has 0 amide bonds. The molecule has 0 N–H and O–H groups in total. The number of benzene rings is 2. The van der Waals surface area contributed by atoms with Crippen molar-refractivity contribution >= 4 is 9.84 Å². The fourth-order valence-corrected chi connectivity index (χ4v) is 5.70. The van der Waals surface area contributed by atoms with E-state index in [1.54, 1.807) is 0 Å². The summed E-state index contributed by atoms with van der Waals surface area (Å²) in [6.07, 6.45) is 0.788. The minimum atomic E-state index is -2.81. The standard InChI is InChI=1S/C21H26N2O3S/c24-27(25)15-10-19(17-27)23-13-11-22(12-14-23)16-18-6-4-5-9-21(18)26-20-7-2-1-3-8-20/h1-9,19H,10-17H2. The molecule has 0 spiro atoms. The van der Waals surface area contributed by atoms with Crippen LogP contribution in [-0.4, -0.2) is 61.9 Å². The molecule has 5 nitrogen and oxygen atoms in total. The molecule has 0 bridgehead atoms. The van der Waals surface area contributed by atoms with Gasteiger partial charge in [0.05, 0.1) is 11.5 Å². The molecule has 2 aromatic rings. The molecule has 2 saturated heterocycles. The SMILES string of the molecule is O=S1(=O)CCC(N2CCN(Cc3ccccc3Oc3ccccc3)CC2)C1. The van der Waals surface area contributed by atoms with Gasteiger partial charge in [-0.15, -0.1) is 0 Å². The maximum atomic E-state index is 11.7. The van der Waals surface area contributed by atoms with E-state index in [4.69, 9.17) is 4.74 Å². The Morgan fingerprint density at radius 1 is 0.926 bits per heavy atom. The van der Waals surface area contributed by atoms with Crippen LogP contribution in [0.25, 0.3) is 0 Å². The lowest BCUT2D eigenvalue weighted by Gasteiger charge is -2.37. The summed E-state index contributed by atoms with van der Waals surface area (Å²) in [5.41, 5.74) is 1.18. The molecule has 0 aromatic heterocycles. The zero-order valence-electron chi connectivity index (χ0n) is 15.5. The van der Waals surface area contributed by atoms with Crippen LogP contribution in [0.3, 0.4) is 0 Å². The summed E-state index contributed by atoms with van der Waals surface area (Å²) in [6, 6.07) is 18.2. The van der Waals surface area contributed by atoms with Crippen molar-refractivity contribution in [2.75, 3.05) is 37.7 Å². The van der Waals surface area contributed by atoms with Crippen molar-refractivity contribution in [3.8, 4) is 11.5 Å². The number of sulfone groups is 1. The van der Waals surface area contributed by atoms with E-state index in [1.807, 2.05) is 48.5 Å². The minimum Gasteiger partial charge on any atom is -0.457 e. The van der Waals surface area contributed by atoms with Crippen molar-refractivity contribution in [1.29, 1.82) is 0 Å². The van der Waals surface area contributed by atoms with Gasteiger partial charge in [0.1, 0.15) is 11.5 Å². The molecule has 0 radical (unpaired) electrons. The van der Waals surface area contributed by atoms with Crippen LogP contribution in [-0.2, 0) is 16.4 Å². The lowest BCUT2D eigenvalue weighted by molar-refractivity contribution is 0.0996. The van der Waals surface area contributed by atoms with Crippen LogP contribution in [0, 0.1) is 0 Å². The lowest BCUT2D eigenvalue weighted by atomic mass is 10.1. The smallest absolute Gasteiger partial charge is 0.151 e. The Morgan fingerprint density at radius 3 is 2.33 bits per heavy atom. The van der Waals surface area contributed by atoms with Crippen LogP contribution in [0.5, 0.6) is 11.5 Å². The predicted molar refractivity (Wildman–Crippen MR) is 107 cm³/mol. The zero-order chi connectivity index (χ0) is 18.7. The van der Waals surface area contributed by atoms with Crippen molar-refractivity contribution in [1.82, 2.24) is 9.80 Å². The van der Waals surface area contributed by atoms with Gasteiger partial charge in [-0.2, -0.15) is 0 Å². The Hall–Kier alpha value is -1.89. The first-order valence-electron chi connectivity index (χ1n) is 9.57. The Labute approximate surface area is 161 Å². The summed E-state index contributed by atoms with van der Waals surface area (Å²) in [5, 5.41) is 0. The molecule has 2 heterocycles. The normalized spacial score (nSPS) is 23.3. The fraction of sp³-hybridized carbons (Fsp3) is 0.429. The maximum Gasteiger partial charge on any atom is 0.151 e. The number of hydrogen-bond donors (Lipinski definition) is 0. The summed E-state index contributed by atoms with van der Waals surface area (Å²) in [6.45, 7) is 4.62. The third-order valence-electron chi connectivity index (χ3n) is 5.47. The van der Waals surface area contributed by atoms with Gasteiger partial charge in [0, 0.05) is 44.3 Å². The highest BCUT2D eigenvalue weighted by atomic mass is 32.2. The first-order valence-corrected chi connectivity index (χ1v) is 11.4. The molecule has 2 aromatic carbocycles. The molecule has 144 valence electrons. The molecule has 27 heavy (non-hydrogen) atoms. The second kappa shape index (κ2) is 8.00. The molecule has 0 aliphatic carbocycles. The van der Waals surface area contributed by atoms with Crippen molar-refractivity contribution < 1.29 is 13.2 Å². The van der Waals surface area contributed by atoms with E-state index in [1.165, 1.54) is 5.56 Å². The molecular weight excluding hydrogens is 360 g/mol. The number of piperazine rings is 1. The van der Waals surface area contributed by atoms with Gasteiger partial charge >= 0.3 is 0 Å². The summed E-state index contributed by atoms with van der Waals surface area (Å²) in [4.78, 5) is 4.78. The minimum absolute atomic E-state index is 0.214. The van der Waals surface area contributed by atoms with Crippen LogP contribution in [0.2, 0.25) is 0 Å². The van der Waals surface area contributed by atoms with Gasteiger partial charge in [0.25, 0.3) is 0 Å². The highest BCUT2D eigenvalue weighted by Crippen LogP contribution is 2.27. The van der Waals surface area contributed by atoms with E-state index in [2.05, 4.69) is 15.9 Å². The van der Waals surface area contributed by atoms with Gasteiger partial charge < -0.3 is 4.74 Å². The monoisotopic (exact) mass is 386 g/mol. The Kier molecular flexibility index (Phi) is 5.48. The van der Waals surface area contributed by atoms with Gasteiger partial charge in [-0.25, -0.2) is 8.42 Å². The van der Waals surface area contributed by atoms with Crippen molar-refractivity contribution in [2.24, 2.45) is 0 Å². The molecule has 2 fully saturated rings. The fourth-order valence-electron chi connectivity index (χ4n) is 3.94. The van der Waals surface area contributed by atoms with Gasteiger partial charge in [-0.05, 0) is 24.6 Å². The second-order valence-electron chi connectivity index (χ2n) is 7.39. The maximum absolute atomic E-state index is 11.7. The second-order valence-corrected chi connectivity index (χ2v) is 9.62. The van der Waals surface area contributed by atoms with E-state index in [-0.39, 0.29) is 6.04 Å². The summed E-state index contributed by atoms with van der Waals surface area (Å²) in [5.74, 6) is 2.42. The average molecular weight is 387 g/mol. The van der Waals surface area contributed by atoms with Crippen LogP contribution >= 0.6 is 0 Å². The van der Waals surface area contributed by atoms with Crippen LogP contribution < -0.4 is 4.74 Å². The molecule has 2 aliphatic heterocycles. The quantitative estimate of drug-likeness (QED) is 0.791. The van der Waals surface area contributed by atoms with Crippen LogP contribution in [0.15, 0.2) is 54.6 Å². The van der Waals surface area contributed by atoms with Gasteiger partial charge in [-0.1, -0.05) is 36.4 Å². The van der Waals surface area contributed by atoms with Gasteiger partial charge in [0.2, 0.25) is 0 Å². The predicted octanol–water partition coefficient (Wildman–Crippen LogP) is 2.78. The third kappa shape index (κ3) is 4.69. The Bertz CT molecular complexity index is 862. The highest BCUT2D eigenvalue weighted by molar-refractivity contribution is 7.91. The number of nitrogens with zero attached hydrogens (tertiary/aromatic N) is 2. The lowest BCUT2D eigenvalue weighted by Crippen LogP contribution is -2.50. The van der Waals surface area contributed by atoms with E-state index in [9.17, 15) is 8.42 Å². The molecule has 6 heteroatoms. The molecular formula is C21H26N2O3S. The van der Waals surface area contributed by atoms with E-state index < -0.39 is 9.84 Å². The largest absolute Gasteiger partial charge is 0.457 e. The summed E-state index contributed by atoms with van der Waals surface area (Å²) >= 11 is 0. The van der Waals surface area contributed by atoms with Gasteiger partial charge in [0.15, 0.2) is 9.84 Å². The Balaban J connectivity index is 1.35. The van der Waals surface area contributed by atoms with Crippen molar-refractivity contribution in [2.45, 2.75) is 19.0 Å². The molecule has 1 atom stereocenters. The van der Waals surface area contributed by atoms with E-state index in [0.29, 0.717) is 11.5 Å². The number of ether oxygens (including phenoxy) is 1. The Morgan fingerprint density at radius 2 is 1.63 bits per heavy atom. The summed E-state index contributed by atoms with van der Waals surface area (Å²) < 4.78 is 29.5. The van der Waals surface area contributed by atoms with Crippen molar-refractivity contribution in [3.63, 3.8) is 0 Å². The summed E-state index contributed by atoms with van der Waals surface area (Å²) in [7, 11) is -2.81. The first kappa shape index (κ1) is 18.5. The van der Waals surface area contributed by atoms with Crippen LogP contribution in [0.1, 0.15) is 12.0 Å². The molecule has 1 unspecified atom stereocenters. The zero-order valence-corrected chi connectivity index (χ0v) is 16.3. The number of rotatable bonds is 5. The number of hydrogen-bond acceptors (Lipinski definition) is 5. The highest BCUT2D eigenvalue weighted by Gasteiger charge is 2.33. The topological polar surface area (TPSA) is 49.9 Å². The van der Waals surface area contributed by atoms with E-state index >= 15 is 0 Å². The van der Waals surface area contributed by atoms with Gasteiger partial charge in [-0.3, -0.25) is 9.80 Å². The third-order valence-corrected chi connectivity index (χ3v) is 7.22. The molecule has 0 saturated carbocycles. The van der Waals surface area contributed by atoms with Crippen molar-refractivity contribution in [3.05, 3.63) is 60.2 Å². The molecule has 4 rings (SSSR count). The van der Waals surface area contributed by atoms with E-state index in [0.717, 1.165) is 50.6 Å². The number of para-hydroxylation sites is 2. The first-order chi connectivity index (χ1) is 13.1. The average Bonchev–Trinajstić information content (AvgIpc) is 3.05. The van der Waals surface area contributed by atoms with Crippen LogP contribution in [0.4, 0.5) is 0 Å².